The standard InChI is InChI=1S/C27H40BrFN2O2.2ClH/c1-4-7-15-31(16-8-5-2)17-9-14-30-20-23-18-25(28)27(26(19-23)32-6-3)33-21-22-10-12-24(29)13-11-22;;/h10-13,18-19,30H,4-9,14-17,20-21H2,1-3H3;2*1H. The number of ether oxygens (including phenoxy) is 2. The average Bonchev–Trinajstić information content (AvgIpc) is 2.81. The molecule has 0 saturated carbocycles. The summed E-state index contributed by atoms with van der Waals surface area (Å²) in [6.45, 7) is 12.7. The average molecular weight is 596 g/mol. The van der Waals surface area contributed by atoms with Gasteiger partial charge in [0.25, 0.3) is 0 Å². The van der Waals surface area contributed by atoms with Crippen molar-refractivity contribution in [3.8, 4) is 11.5 Å². The highest BCUT2D eigenvalue weighted by atomic mass is 79.9. The first-order chi connectivity index (χ1) is 16.1. The largest absolute Gasteiger partial charge is 0.490 e. The van der Waals surface area contributed by atoms with Gasteiger partial charge in [0.15, 0.2) is 11.5 Å². The van der Waals surface area contributed by atoms with Crippen LogP contribution in [0.3, 0.4) is 0 Å². The second-order valence-electron chi connectivity index (χ2n) is 8.33. The molecule has 0 radical (unpaired) electrons. The Kier molecular flexibility index (Phi) is 19.5. The topological polar surface area (TPSA) is 33.7 Å². The predicted molar refractivity (Wildman–Crippen MR) is 153 cm³/mol. The van der Waals surface area contributed by atoms with Crippen molar-refractivity contribution in [2.75, 3.05) is 32.8 Å². The van der Waals surface area contributed by atoms with Crippen LogP contribution in [0.5, 0.6) is 11.5 Å². The number of rotatable bonds is 17. The van der Waals surface area contributed by atoms with E-state index in [1.54, 1.807) is 12.1 Å². The lowest BCUT2D eigenvalue weighted by atomic mass is 10.2. The van der Waals surface area contributed by atoms with E-state index in [0.29, 0.717) is 19.0 Å². The lowest BCUT2D eigenvalue weighted by molar-refractivity contribution is 0.261. The summed E-state index contributed by atoms with van der Waals surface area (Å²) in [6, 6.07) is 10.5. The van der Waals surface area contributed by atoms with Crippen LogP contribution in [0.2, 0.25) is 0 Å². The molecule has 0 saturated heterocycles. The van der Waals surface area contributed by atoms with Crippen LogP contribution in [0.4, 0.5) is 4.39 Å². The van der Waals surface area contributed by atoms with Gasteiger partial charge >= 0.3 is 0 Å². The van der Waals surface area contributed by atoms with Crippen LogP contribution in [0.25, 0.3) is 0 Å². The van der Waals surface area contributed by atoms with Crippen LogP contribution in [-0.4, -0.2) is 37.7 Å². The lowest BCUT2D eigenvalue weighted by Gasteiger charge is -2.22. The van der Waals surface area contributed by atoms with Crippen LogP contribution in [0, 0.1) is 5.82 Å². The highest BCUT2D eigenvalue weighted by Gasteiger charge is 2.13. The molecule has 200 valence electrons. The monoisotopic (exact) mass is 594 g/mol. The number of hydrogen-bond acceptors (Lipinski definition) is 4. The Balaban J connectivity index is 0.00000578. The summed E-state index contributed by atoms with van der Waals surface area (Å²) >= 11 is 3.64. The van der Waals surface area contributed by atoms with E-state index in [1.165, 1.54) is 50.9 Å². The maximum absolute atomic E-state index is 13.1. The van der Waals surface area contributed by atoms with Gasteiger partial charge in [-0.1, -0.05) is 38.8 Å². The van der Waals surface area contributed by atoms with E-state index >= 15 is 0 Å². The first kappa shape index (κ1) is 34.0. The molecule has 4 nitrogen and oxygen atoms in total. The van der Waals surface area contributed by atoms with Gasteiger partial charge in [0.2, 0.25) is 0 Å². The second kappa shape index (κ2) is 20.1. The molecule has 0 fully saturated rings. The van der Waals surface area contributed by atoms with Gasteiger partial charge < -0.3 is 19.7 Å². The molecule has 2 aromatic carbocycles. The molecular weight excluding hydrogens is 554 g/mol. The van der Waals surface area contributed by atoms with E-state index in [0.717, 1.165) is 47.4 Å². The molecule has 0 bridgehead atoms. The molecule has 0 heterocycles. The minimum Gasteiger partial charge on any atom is -0.490 e. The summed E-state index contributed by atoms with van der Waals surface area (Å²) in [5.74, 6) is 1.14. The Hall–Kier alpha value is -1.05. The normalized spacial score (nSPS) is 10.6. The lowest BCUT2D eigenvalue weighted by Crippen LogP contribution is -2.29. The SMILES string of the molecule is CCCCN(CCCC)CCCNCc1cc(Br)c(OCc2ccc(F)cc2)c(OCC)c1.Cl.Cl. The Morgan fingerprint density at radius 3 is 2.09 bits per heavy atom. The van der Waals surface area contributed by atoms with Crippen molar-refractivity contribution in [3.63, 3.8) is 0 Å². The number of nitrogens with one attached hydrogen (secondary N) is 1. The van der Waals surface area contributed by atoms with E-state index in [-0.39, 0.29) is 30.6 Å². The molecule has 35 heavy (non-hydrogen) atoms. The first-order valence-corrected chi connectivity index (χ1v) is 13.1. The summed E-state index contributed by atoms with van der Waals surface area (Å²) < 4.78 is 25.9. The third kappa shape index (κ3) is 13.2. The molecule has 0 aromatic heterocycles. The third-order valence-electron chi connectivity index (χ3n) is 5.48. The summed E-state index contributed by atoms with van der Waals surface area (Å²) in [4.78, 5) is 2.60. The minimum absolute atomic E-state index is 0. The molecule has 0 aliphatic carbocycles. The highest BCUT2D eigenvalue weighted by Crippen LogP contribution is 2.37. The first-order valence-electron chi connectivity index (χ1n) is 12.3. The summed E-state index contributed by atoms with van der Waals surface area (Å²) in [6.07, 6.45) is 6.21. The van der Waals surface area contributed by atoms with Crippen molar-refractivity contribution in [3.05, 3.63) is 57.8 Å². The zero-order valence-electron chi connectivity index (χ0n) is 21.3. The Morgan fingerprint density at radius 1 is 0.857 bits per heavy atom. The van der Waals surface area contributed by atoms with Gasteiger partial charge in [-0.2, -0.15) is 0 Å². The van der Waals surface area contributed by atoms with Crippen molar-refractivity contribution in [2.45, 2.75) is 66.0 Å². The smallest absolute Gasteiger partial charge is 0.175 e. The van der Waals surface area contributed by atoms with E-state index in [9.17, 15) is 4.39 Å². The van der Waals surface area contributed by atoms with Gasteiger partial charge in [0.05, 0.1) is 11.1 Å². The molecule has 1 N–H and O–H groups in total. The zero-order chi connectivity index (χ0) is 23.9. The highest BCUT2D eigenvalue weighted by molar-refractivity contribution is 9.10. The van der Waals surface area contributed by atoms with Gasteiger partial charge in [-0.15, -0.1) is 24.8 Å². The maximum Gasteiger partial charge on any atom is 0.175 e. The van der Waals surface area contributed by atoms with Gasteiger partial charge in [0.1, 0.15) is 12.4 Å². The van der Waals surface area contributed by atoms with Crippen molar-refractivity contribution in [2.24, 2.45) is 0 Å². The van der Waals surface area contributed by atoms with E-state index in [1.807, 2.05) is 13.0 Å². The van der Waals surface area contributed by atoms with E-state index in [4.69, 9.17) is 9.47 Å². The van der Waals surface area contributed by atoms with Crippen molar-refractivity contribution < 1.29 is 13.9 Å². The van der Waals surface area contributed by atoms with E-state index in [2.05, 4.69) is 46.1 Å². The predicted octanol–water partition coefficient (Wildman–Crippen LogP) is 7.79. The summed E-state index contributed by atoms with van der Waals surface area (Å²) in [5.41, 5.74) is 2.05. The maximum atomic E-state index is 13.1. The minimum atomic E-state index is -0.249. The molecule has 0 spiro atoms. The van der Waals surface area contributed by atoms with Crippen molar-refractivity contribution in [1.29, 1.82) is 0 Å². The number of nitrogens with zero attached hydrogens (tertiary/aromatic N) is 1. The molecule has 0 aliphatic heterocycles. The van der Waals surface area contributed by atoms with Gasteiger partial charge in [-0.05, 0) is 104 Å². The van der Waals surface area contributed by atoms with E-state index < -0.39 is 0 Å². The fraction of sp³-hybridized carbons (Fsp3) is 0.556. The van der Waals surface area contributed by atoms with Crippen LogP contribution >= 0.6 is 40.7 Å². The number of unbranched alkanes of at least 4 members (excludes halogenated alkanes) is 2. The summed E-state index contributed by atoms with van der Waals surface area (Å²) in [7, 11) is 0. The van der Waals surface area contributed by atoms with Crippen molar-refractivity contribution >= 4 is 40.7 Å². The fourth-order valence-electron chi connectivity index (χ4n) is 3.62. The second-order valence-corrected chi connectivity index (χ2v) is 9.19. The number of hydrogen-bond donors (Lipinski definition) is 1. The molecular formula is C27H42BrCl2FN2O2. The Morgan fingerprint density at radius 2 is 1.49 bits per heavy atom. The number of benzene rings is 2. The Bertz CT molecular complexity index is 805. The fourth-order valence-corrected chi connectivity index (χ4v) is 4.23. The molecule has 2 aromatic rings. The van der Waals surface area contributed by atoms with Crippen LogP contribution in [0.15, 0.2) is 40.9 Å². The van der Waals surface area contributed by atoms with Crippen LogP contribution < -0.4 is 14.8 Å². The van der Waals surface area contributed by atoms with Gasteiger partial charge in [-0.25, -0.2) is 4.39 Å². The van der Waals surface area contributed by atoms with Gasteiger partial charge in [-0.3, -0.25) is 0 Å². The van der Waals surface area contributed by atoms with Crippen LogP contribution in [-0.2, 0) is 13.2 Å². The zero-order valence-corrected chi connectivity index (χ0v) is 24.5. The molecule has 0 amide bonds. The quantitative estimate of drug-likeness (QED) is 0.189. The molecule has 0 aliphatic rings. The van der Waals surface area contributed by atoms with Crippen molar-refractivity contribution in [1.82, 2.24) is 10.2 Å². The molecule has 0 unspecified atom stereocenters. The Labute approximate surface area is 232 Å². The molecule has 8 heteroatoms. The van der Waals surface area contributed by atoms with Crippen LogP contribution in [0.1, 0.15) is 64.0 Å². The van der Waals surface area contributed by atoms with Gasteiger partial charge in [0, 0.05) is 6.54 Å². The molecule has 2 rings (SSSR count). The third-order valence-corrected chi connectivity index (χ3v) is 6.07. The number of halogens is 4. The molecule has 0 atom stereocenters. The summed E-state index contributed by atoms with van der Waals surface area (Å²) in [5, 5.41) is 3.57.